The van der Waals surface area contributed by atoms with E-state index in [0.717, 1.165) is 38.2 Å². The molecule has 1 heterocycles. The van der Waals surface area contributed by atoms with Crippen molar-refractivity contribution in [1.29, 1.82) is 0 Å². The molecule has 8 heteroatoms. The molecule has 0 amide bonds. The van der Waals surface area contributed by atoms with Crippen LogP contribution in [0.1, 0.15) is 24.7 Å². The molecule has 0 bridgehead atoms. The van der Waals surface area contributed by atoms with E-state index in [2.05, 4.69) is 17.6 Å². The van der Waals surface area contributed by atoms with Crippen LogP contribution in [0.3, 0.4) is 0 Å². The molecule has 0 spiro atoms. The van der Waals surface area contributed by atoms with Crippen molar-refractivity contribution >= 4 is 24.8 Å². The maximum absolute atomic E-state index is 12.7. The third-order valence-corrected chi connectivity index (χ3v) is 3.39. The highest BCUT2D eigenvalue weighted by Gasteiger charge is 2.30. The molecule has 1 aromatic heterocycles. The van der Waals surface area contributed by atoms with E-state index in [1.165, 1.54) is 6.07 Å². The molecule has 0 saturated carbocycles. The number of hydrogen-bond donors (Lipinski definition) is 2. The average molecular weight is 399 g/mol. The van der Waals surface area contributed by atoms with Crippen LogP contribution in [0.5, 0.6) is 0 Å². The Morgan fingerprint density at radius 2 is 1.72 bits per heavy atom. The minimum absolute atomic E-state index is 0. The second kappa shape index (κ2) is 11.4. The maximum atomic E-state index is 12.7. The summed E-state index contributed by atoms with van der Waals surface area (Å²) in [5.74, 6) is 1.15. The lowest BCUT2D eigenvalue weighted by Crippen LogP contribution is -2.21. The van der Waals surface area contributed by atoms with Crippen LogP contribution in [-0.4, -0.2) is 19.6 Å². The fourth-order valence-electron chi connectivity index (χ4n) is 2.20. The van der Waals surface area contributed by atoms with Crippen molar-refractivity contribution in [1.82, 2.24) is 10.6 Å². The fraction of sp³-hybridized carbons (Fsp3) is 0.412. The van der Waals surface area contributed by atoms with Crippen LogP contribution in [0.25, 0.3) is 11.3 Å². The lowest BCUT2D eigenvalue weighted by molar-refractivity contribution is -0.137. The van der Waals surface area contributed by atoms with E-state index in [0.29, 0.717) is 23.6 Å². The largest absolute Gasteiger partial charge is 0.460 e. The van der Waals surface area contributed by atoms with Crippen molar-refractivity contribution in [3.8, 4) is 11.3 Å². The highest BCUT2D eigenvalue weighted by Crippen LogP contribution is 2.32. The molecule has 0 saturated heterocycles. The van der Waals surface area contributed by atoms with E-state index in [-0.39, 0.29) is 24.8 Å². The van der Waals surface area contributed by atoms with Gasteiger partial charge < -0.3 is 15.1 Å². The fourth-order valence-corrected chi connectivity index (χ4v) is 2.20. The summed E-state index contributed by atoms with van der Waals surface area (Å²) in [5, 5.41) is 6.48. The van der Waals surface area contributed by atoms with E-state index in [1.807, 2.05) is 0 Å². The zero-order valence-electron chi connectivity index (χ0n) is 13.9. The Kier molecular flexibility index (Phi) is 10.9. The van der Waals surface area contributed by atoms with Gasteiger partial charge in [0.05, 0.1) is 12.1 Å². The van der Waals surface area contributed by atoms with Crippen molar-refractivity contribution in [2.24, 2.45) is 0 Å². The van der Waals surface area contributed by atoms with Crippen LogP contribution >= 0.6 is 24.8 Å². The van der Waals surface area contributed by atoms with Crippen LogP contribution in [0, 0.1) is 0 Å². The van der Waals surface area contributed by atoms with Gasteiger partial charge in [-0.3, -0.25) is 0 Å². The molecule has 2 aromatic rings. The number of furan rings is 1. The third kappa shape index (κ3) is 7.69. The molecule has 0 aliphatic rings. The first-order valence-corrected chi connectivity index (χ1v) is 7.68. The smallest absolute Gasteiger partial charge is 0.416 e. The number of benzene rings is 1. The summed E-state index contributed by atoms with van der Waals surface area (Å²) in [5.41, 5.74) is -0.243. The lowest BCUT2D eigenvalue weighted by atomic mass is 10.1. The summed E-state index contributed by atoms with van der Waals surface area (Å²) in [7, 11) is 0. The van der Waals surface area contributed by atoms with Crippen molar-refractivity contribution in [3.05, 3.63) is 47.7 Å². The van der Waals surface area contributed by atoms with Crippen molar-refractivity contribution in [2.75, 3.05) is 19.6 Å². The van der Waals surface area contributed by atoms with E-state index >= 15 is 0 Å². The zero-order chi connectivity index (χ0) is 16.7. The second-order valence-corrected chi connectivity index (χ2v) is 5.23. The van der Waals surface area contributed by atoms with Crippen molar-refractivity contribution < 1.29 is 17.6 Å². The van der Waals surface area contributed by atoms with Crippen LogP contribution < -0.4 is 10.6 Å². The molecule has 1 aromatic carbocycles. The second-order valence-electron chi connectivity index (χ2n) is 5.23. The Balaban J connectivity index is 0.00000288. The molecule has 142 valence electrons. The molecule has 3 nitrogen and oxygen atoms in total. The zero-order valence-corrected chi connectivity index (χ0v) is 15.5. The standard InChI is InChI=1S/C17H21F3N2O.2ClH/c1-2-21-9-4-10-22-12-15-7-8-16(23-15)13-5-3-6-14(11-13)17(18,19)20;;/h3,5-8,11,21-22H,2,4,9-10,12H2,1H3;2*1H. The topological polar surface area (TPSA) is 37.2 Å². The summed E-state index contributed by atoms with van der Waals surface area (Å²) < 4.78 is 43.8. The predicted molar refractivity (Wildman–Crippen MR) is 98.5 cm³/mol. The monoisotopic (exact) mass is 398 g/mol. The number of halogens is 5. The third-order valence-electron chi connectivity index (χ3n) is 3.39. The summed E-state index contributed by atoms with van der Waals surface area (Å²) in [6.07, 6.45) is -3.34. The van der Waals surface area contributed by atoms with Crippen LogP contribution in [0.4, 0.5) is 13.2 Å². The molecular weight excluding hydrogens is 376 g/mol. The lowest BCUT2D eigenvalue weighted by Gasteiger charge is -2.07. The number of hydrogen-bond acceptors (Lipinski definition) is 3. The molecule has 2 N–H and O–H groups in total. The first kappa shape index (κ1) is 23.8. The Morgan fingerprint density at radius 1 is 1.00 bits per heavy atom. The number of nitrogens with one attached hydrogen (secondary N) is 2. The normalized spacial score (nSPS) is 10.9. The molecule has 0 unspecified atom stereocenters. The van der Waals surface area contributed by atoms with Gasteiger partial charge in [0, 0.05) is 5.56 Å². The maximum Gasteiger partial charge on any atom is 0.416 e. The molecule has 25 heavy (non-hydrogen) atoms. The van der Waals surface area contributed by atoms with Gasteiger partial charge in [-0.15, -0.1) is 24.8 Å². The molecular formula is C17H23Cl2F3N2O. The summed E-state index contributed by atoms with van der Waals surface area (Å²) in [6.45, 7) is 5.39. The first-order chi connectivity index (χ1) is 11.0. The van der Waals surface area contributed by atoms with E-state index in [1.54, 1.807) is 18.2 Å². The van der Waals surface area contributed by atoms with Gasteiger partial charge in [0.15, 0.2) is 0 Å². The predicted octanol–water partition coefficient (Wildman–Crippen LogP) is 4.90. The highest BCUT2D eigenvalue weighted by atomic mass is 35.5. The van der Waals surface area contributed by atoms with Crippen molar-refractivity contribution in [2.45, 2.75) is 26.1 Å². The van der Waals surface area contributed by atoms with Gasteiger partial charge in [0.2, 0.25) is 0 Å². The molecule has 0 aliphatic heterocycles. The first-order valence-electron chi connectivity index (χ1n) is 7.68. The molecule has 2 rings (SSSR count). The summed E-state index contributed by atoms with van der Waals surface area (Å²) in [4.78, 5) is 0. The minimum atomic E-state index is -4.35. The van der Waals surface area contributed by atoms with Gasteiger partial charge in [-0.2, -0.15) is 13.2 Å². The van der Waals surface area contributed by atoms with E-state index in [9.17, 15) is 13.2 Å². The van der Waals surface area contributed by atoms with Gasteiger partial charge >= 0.3 is 6.18 Å². The van der Waals surface area contributed by atoms with Gasteiger partial charge in [-0.25, -0.2) is 0 Å². The van der Waals surface area contributed by atoms with Gasteiger partial charge in [0.25, 0.3) is 0 Å². The quantitative estimate of drug-likeness (QED) is 0.621. The molecule has 0 radical (unpaired) electrons. The molecule has 0 aliphatic carbocycles. The summed E-state index contributed by atoms with van der Waals surface area (Å²) >= 11 is 0. The SMILES string of the molecule is CCNCCCNCc1ccc(-c2cccc(C(F)(F)F)c2)o1.Cl.Cl. The van der Waals surface area contributed by atoms with Crippen LogP contribution in [-0.2, 0) is 12.7 Å². The Labute approximate surface area is 158 Å². The Morgan fingerprint density at radius 3 is 2.40 bits per heavy atom. The van der Waals surface area contributed by atoms with Gasteiger partial charge in [-0.1, -0.05) is 19.1 Å². The van der Waals surface area contributed by atoms with Crippen molar-refractivity contribution in [3.63, 3.8) is 0 Å². The number of rotatable bonds is 8. The summed E-state index contributed by atoms with van der Waals surface area (Å²) in [6, 6.07) is 8.64. The van der Waals surface area contributed by atoms with E-state index in [4.69, 9.17) is 4.42 Å². The van der Waals surface area contributed by atoms with Gasteiger partial charge in [0.1, 0.15) is 11.5 Å². The average Bonchev–Trinajstić information content (AvgIpc) is 2.99. The highest BCUT2D eigenvalue weighted by molar-refractivity contribution is 5.85. The van der Waals surface area contributed by atoms with Gasteiger partial charge in [-0.05, 0) is 50.3 Å². The van der Waals surface area contributed by atoms with Crippen LogP contribution in [0.2, 0.25) is 0 Å². The Bertz CT molecular complexity index is 618. The molecule has 0 fully saturated rings. The van der Waals surface area contributed by atoms with Crippen LogP contribution in [0.15, 0.2) is 40.8 Å². The Hall–Kier alpha value is -1.21. The number of alkyl halides is 3. The molecule has 0 atom stereocenters. The van der Waals surface area contributed by atoms with E-state index < -0.39 is 11.7 Å². The minimum Gasteiger partial charge on any atom is -0.460 e.